The Balaban J connectivity index is 2.19. The lowest BCUT2D eigenvalue weighted by atomic mass is 9.85. The molecule has 0 fully saturated rings. The first kappa shape index (κ1) is 25.0. The second-order valence-corrected chi connectivity index (χ2v) is 9.32. The van der Waals surface area contributed by atoms with Crippen LogP contribution in [0.2, 0.25) is 0 Å². The fraction of sp³-hybridized carbons (Fsp3) is 0.720. The van der Waals surface area contributed by atoms with E-state index in [2.05, 4.69) is 27.7 Å². The molecule has 0 aliphatic carbocycles. The van der Waals surface area contributed by atoms with Gasteiger partial charge in [0.1, 0.15) is 5.75 Å². The number of benzene rings is 1. The molecule has 28 heavy (non-hydrogen) atoms. The molecular weight excluding hydrogens is 368 g/mol. The van der Waals surface area contributed by atoms with Gasteiger partial charge in [-0.15, -0.1) is 0 Å². The van der Waals surface area contributed by atoms with Crippen LogP contribution < -0.4 is 4.74 Å². The van der Waals surface area contributed by atoms with Crippen LogP contribution in [0.1, 0.15) is 121 Å². The van der Waals surface area contributed by atoms with Gasteiger partial charge in [0.25, 0.3) is 5.24 Å². The minimum absolute atomic E-state index is 0.0891. The van der Waals surface area contributed by atoms with Crippen LogP contribution in [0.25, 0.3) is 0 Å². The predicted octanol–water partition coefficient (Wildman–Crippen LogP) is 8.44. The van der Waals surface area contributed by atoms with E-state index in [1.807, 2.05) is 12.1 Å². The SMILES string of the molecule is CCCCCCCCCCCCCCOc1ccc(C(=O)Cl)cc1C(C)(C)C. The summed E-state index contributed by atoms with van der Waals surface area (Å²) in [5.74, 6) is 0.872. The zero-order chi connectivity index (χ0) is 20.8. The molecule has 0 aromatic heterocycles. The van der Waals surface area contributed by atoms with Crippen molar-refractivity contribution in [3.8, 4) is 5.75 Å². The van der Waals surface area contributed by atoms with Crippen LogP contribution in [-0.4, -0.2) is 11.8 Å². The fourth-order valence-corrected chi connectivity index (χ4v) is 3.61. The molecule has 0 heterocycles. The van der Waals surface area contributed by atoms with Gasteiger partial charge >= 0.3 is 0 Å². The Bertz CT molecular complexity index is 560. The van der Waals surface area contributed by atoms with Gasteiger partial charge in [-0.2, -0.15) is 0 Å². The summed E-state index contributed by atoms with van der Waals surface area (Å²) in [6.07, 6.45) is 16.1. The quantitative estimate of drug-likeness (QED) is 0.215. The van der Waals surface area contributed by atoms with Gasteiger partial charge in [0, 0.05) is 11.1 Å². The fourth-order valence-electron chi connectivity index (χ4n) is 3.49. The van der Waals surface area contributed by atoms with E-state index < -0.39 is 5.24 Å². The molecule has 1 aromatic carbocycles. The minimum Gasteiger partial charge on any atom is -0.493 e. The molecule has 0 radical (unpaired) electrons. The number of carbonyl (C=O) groups excluding carboxylic acids is 1. The summed E-state index contributed by atoms with van der Waals surface area (Å²) in [5, 5.41) is -0.419. The Kier molecular flexibility index (Phi) is 12.5. The average molecular weight is 409 g/mol. The van der Waals surface area contributed by atoms with Crippen LogP contribution in [0.15, 0.2) is 18.2 Å². The van der Waals surface area contributed by atoms with Crippen LogP contribution >= 0.6 is 11.6 Å². The van der Waals surface area contributed by atoms with E-state index in [0.717, 1.165) is 24.3 Å². The third kappa shape index (κ3) is 10.5. The number of hydrogen-bond donors (Lipinski definition) is 0. The Morgan fingerprint density at radius 2 is 1.36 bits per heavy atom. The lowest BCUT2D eigenvalue weighted by Crippen LogP contribution is -2.14. The van der Waals surface area contributed by atoms with E-state index in [-0.39, 0.29) is 5.41 Å². The van der Waals surface area contributed by atoms with Gasteiger partial charge in [-0.1, -0.05) is 98.3 Å². The van der Waals surface area contributed by atoms with Crippen molar-refractivity contribution in [2.75, 3.05) is 6.61 Å². The van der Waals surface area contributed by atoms with Crippen LogP contribution in [0.3, 0.4) is 0 Å². The maximum absolute atomic E-state index is 11.4. The summed E-state index contributed by atoms with van der Waals surface area (Å²) < 4.78 is 6.04. The summed E-state index contributed by atoms with van der Waals surface area (Å²) in [6.45, 7) is 9.38. The number of rotatable bonds is 15. The maximum Gasteiger partial charge on any atom is 0.252 e. The van der Waals surface area contributed by atoms with Gasteiger partial charge in [0.05, 0.1) is 6.61 Å². The van der Waals surface area contributed by atoms with Crippen molar-refractivity contribution < 1.29 is 9.53 Å². The Morgan fingerprint density at radius 3 is 1.82 bits per heavy atom. The van der Waals surface area contributed by atoms with Gasteiger partial charge in [0.2, 0.25) is 0 Å². The van der Waals surface area contributed by atoms with E-state index in [9.17, 15) is 4.79 Å². The van der Waals surface area contributed by atoms with E-state index in [4.69, 9.17) is 16.3 Å². The molecule has 0 unspecified atom stereocenters. The van der Waals surface area contributed by atoms with Gasteiger partial charge in [0.15, 0.2) is 0 Å². The molecule has 0 atom stereocenters. The molecule has 0 N–H and O–H groups in total. The first-order valence-electron chi connectivity index (χ1n) is 11.3. The second-order valence-electron chi connectivity index (χ2n) is 8.97. The highest BCUT2D eigenvalue weighted by Crippen LogP contribution is 2.32. The Labute approximate surface area is 178 Å². The molecule has 0 aliphatic heterocycles. The van der Waals surface area contributed by atoms with Crippen molar-refractivity contribution >= 4 is 16.8 Å². The molecule has 0 bridgehead atoms. The van der Waals surface area contributed by atoms with Crippen molar-refractivity contribution in [3.63, 3.8) is 0 Å². The summed E-state index contributed by atoms with van der Waals surface area (Å²) in [6, 6.07) is 5.51. The highest BCUT2D eigenvalue weighted by atomic mass is 35.5. The summed E-state index contributed by atoms with van der Waals surface area (Å²) in [4.78, 5) is 11.4. The number of unbranched alkanes of at least 4 members (excludes halogenated alkanes) is 11. The largest absolute Gasteiger partial charge is 0.493 e. The van der Waals surface area contributed by atoms with Crippen molar-refractivity contribution in [1.82, 2.24) is 0 Å². The molecular formula is C25H41ClO2. The van der Waals surface area contributed by atoms with Crippen molar-refractivity contribution in [2.24, 2.45) is 0 Å². The maximum atomic E-state index is 11.4. The summed E-state index contributed by atoms with van der Waals surface area (Å²) >= 11 is 5.63. The molecule has 2 nitrogen and oxygen atoms in total. The summed E-state index contributed by atoms with van der Waals surface area (Å²) in [5.41, 5.74) is 1.48. The number of carbonyl (C=O) groups is 1. The molecule has 160 valence electrons. The third-order valence-electron chi connectivity index (χ3n) is 5.27. The molecule has 0 aliphatic rings. The minimum atomic E-state index is -0.419. The number of halogens is 1. The number of hydrogen-bond acceptors (Lipinski definition) is 2. The molecule has 0 spiro atoms. The van der Waals surface area contributed by atoms with Crippen molar-refractivity contribution in [2.45, 2.75) is 110 Å². The number of ether oxygens (including phenoxy) is 1. The highest BCUT2D eigenvalue weighted by Gasteiger charge is 2.20. The van der Waals surface area contributed by atoms with Crippen LogP contribution in [0.5, 0.6) is 5.75 Å². The summed E-state index contributed by atoms with van der Waals surface area (Å²) in [7, 11) is 0. The normalized spacial score (nSPS) is 11.6. The topological polar surface area (TPSA) is 26.3 Å². The molecule has 0 saturated carbocycles. The standard InChI is InChI=1S/C25H41ClO2/c1-5-6-7-8-9-10-11-12-13-14-15-16-19-28-23-18-17-21(24(26)27)20-22(23)25(2,3)4/h17-18,20H,5-16,19H2,1-4H3. The molecule has 3 heteroatoms. The van der Waals surface area contributed by atoms with Gasteiger partial charge in [-0.05, 0) is 41.6 Å². The highest BCUT2D eigenvalue weighted by molar-refractivity contribution is 6.67. The smallest absolute Gasteiger partial charge is 0.252 e. The Morgan fingerprint density at radius 1 is 0.857 bits per heavy atom. The van der Waals surface area contributed by atoms with Crippen LogP contribution in [-0.2, 0) is 5.41 Å². The van der Waals surface area contributed by atoms with E-state index in [1.165, 1.54) is 70.6 Å². The predicted molar refractivity (Wildman–Crippen MR) is 122 cm³/mol. The molecule has 0 amide bonds. The molecule has 0 saturated heterocycles. The lowest BCUT2D eigenvalue weighted by Gasteiger charge is -2.23. The van der Waals surface area contributed by atoms with Crippen molar-refractivity contribution in [3.05, 3.63) is 29.3 Å². The van der Waals surface area contributed by atoms with Gasteiger partial charge < -0.3 is 4.74 Å². The van der Waals surface area contributed by atoms with Crippen molar-refractivity contribution in [1.29, 1.82) is 0 Å². The van der Waals surface area contributed by atoms with Crippen LogP contribution in [0, 0.1) is 0 Å². The Hall–Kier alpha value is -1.02. The molecule has 1 rings (SSSR count). The second kappa shape index (κ2) is 14.0. The van der Waals surface area contributed by atoms with Gasteiger partial charge in [-0.25, -0.2) is 0 Å². The lowest BCUT2D eigenvalue weighted by molar-refractivity contribution is 0.108. The third-order valence-corrected chi connectivity index (χ3v) is 5.49. The van der Waals surface area contributed by atoms with E-state index >= 15 is 0 Å². The molecule has 1 aromatic rings. The zero-order valence-electron chi connectivity index (χ0n) is 18.6. The van der Waals surface area contributed by atoms with E-state index in [1.54, 1.807) is 6.07 Å². The monoisotopic (exact) mass is 408 g/mol. The van der Waals surface area contributed by atoms with Gasteiger partial charge in [-0.3, -0.25) is 4.79 Å². The van der Waals surface area contributed by atoms with E-state index in [0.29, 0.717) is 5.56 Å². The first-order chi connectivity index (χ1) is 13.4. The zero-order valence-corrected chi connectivity index (χ0v) is 19.4. The average Bonchev–Trinajstić information content (AvgIpc) is 2.64. The first-order valence-corrected chi connectivity index (χ1v) is 11.7. The van der Waals surface area contributed by atoms with Crippen LogP contribution in [0.4, 0.5) is 0 Å².